The van der Waals surface area contributed by atoms with Crippen LogP contribution in [0.1, 0.15) is 24.2 Å². The molecule has 0 fully saturated rings. The molecule has 0 aliphatic carbocycles. The van der Waals surface area contributed by atoms with E-state index in [-0.39, 0.29) is 17.9 Å². The zero-order valence-corrected chi connectivity index (χ0v) is 21.8. The number of ether oxygens (including phenoxy) is 1. The monoisotopic (exact) mass is 558 g/mol. The Balaban J connectivity index is 1.65. The lowest BCUT2D eigenvalue weighted by Gasteiger charge is -2.30. The van der Waals surface area contributed by atoms with E-state index < -0.39 is 47.2 Å². The number of carbonyl (C=O) groups excluding carboxylic acids is 3. The SMILES string of the molecule is CN1C(=O)[C@H](NC(=O)C(C)(C)NC(=O)c2ccccc2)CN(c2cccc(OC(F)(F)F)c2)c2ccc(F)cc21. The average molecular weight is 559 g/mol. The highest BCUT2D eigenvalue weighted by atomic mass is 19.4. The van der Waals surface area contributed by atoms with Crippen molar-refractivity contribution in [2.24, 2.45) is 0 Å². The van der Waals surface area contributed by atoms with Crippen LogP contribution in [0.5, 0.6) is 5.75 Å². The summed E-state index contributed by atoms with van der Waals surface area (Å²) in [7, 11) is 1.40. The van der Waals surface area contributed by atoms with Crippen molar-refractivity contribution >= 4 is 34.8 Å². The second-order valence-electron chi connectivity index (χ2n) is 9.66. The van der Waals surface area contributed by atoms with Crippen LogP contribution in [0.3, 0.4) is 0 Å². The Bertz CT molecular complexity index is 1430. The van der Waals surface area contributed by atoms with Gasteiger partial charge >= 0.3 is 6.36 Å². The van der Waals surface area contributed by atoms with Gasteiger partial charge in [-0.2, -0.15) is 0 Å². The third kappa shape index (κ3) is 6.33. The van der Waals surface area contributed by atoms with E-state index in [1.807, 2.05) is 0 Å². The Morgan fingerprint density at radius 2 is 1.65 bits per heavy atom. The van der Waals surface area contributed by atoms with E-state index >= 15 is 0 Å². The summed E-state index contributed by atoms with van der Waals surface area (Å²) in [6, 6.07) is 15.8. The highest BCUT2D eigenvalue weighted by Gasteiger charge is 2.38. The summed E-state index contributed by atoms with van der Waals surface area (Å²) >= 11 is 0. The topological polar surface area (TPSA) is 91.0 Å². The number of fused-ring (bicyclic) bond motifs is 1. The predicted molar refractivity (Wildman–Crippen MR) is 140 cm³/mol. The molecule has 1 aliphatic rings. The lowest BCUT2D eigenvalue weighted by atomic mass is 10.0. The highest BCUT2D eigenvalue weighted by molar-refractivity contribution is 6.05. The van der Waals surface area contributed by atoms with Crippen LogP contribution in [0.25, 0.3) is 0 Å². The van der Waals surface area contributed by atoms with Gasteiger partial charge in [-0.25, -0.2) is 4.39 Å². The van der Waals surface area contributed by atoms with Gasteiger partial charge in [0.05, 0.1) is 17.9 Å². The molecule has 1 heterocycles. The molecule has 210 valence electrons. The van der Waals surface area contributed by atoms with Crippen LogP contribution >= 0.6 is 0 Å². The summed E-state index contributed by atoms with van der Waals surface area (Å²) in [5.41, 5.74) is -0.468. The lowest BCUT2D eigenvalue weighted by molar-refractivity contribution is -0.274. The number of halogens is 4. The fourth-order valence-electron chi connectivity index (χ4n) is 4.25. The molecule has 1 atom stereocenters. The van der Waals surface area contributed by atoms with E-state index in [0.717, 1.165) is 29.2 Å². The average Bonchev–Trinajstić information content (AvgIpc) is 2.98. The van der Waals surface area contributed by atoms with Crippen molar-refractivity contribution in [2.75, 3.05) is 23.4 Å². The first-order valence-corrected chi connectivity index (χ1v) is 12.1. The molecule has 0 saturated heterocycles. The van der Waals surface area contributed by atoms with Crippen LogP contribution in [0, 0.1) is 5.82 Å². The minimum Gasteiger partial charge on any atom is -0.406 e. The fourth-order valence-corrected chi connectivity index (χ4v) is 4.25. The van der Waals surface area contributed by atoms with Gasteiger partial charge in [0.15, 0.2) is 0 Å². The fraction of sp³-hybridized carbons (Fsp3) is 0.250. The standard InChI is InChI=1S/C28H26F4N4O4/c1-27(2,34-24(37)17-8-5-4-6-9-17)26(39)33-21-16-36(19-10-7-11-20(15-19)40-28(30,31)32)22-13-12-18(29)14-23(22)35(3)25(21)38/h4-15,21H,16H2,1-3H3,(H,33,39)(H,34,37)/t21-/m1/s1. The summed E-state index contributed by atoms with van der Waals surface area (Å²) in [4.78, 5) is 42.1. The zero-order valence-electron chi connectivity index (χ0n) is 21.8. The largest absolute Gasteiger partial charge is 0.573 e. The lowest BCUT2D eigenvalue weighted by Crippen LogP contribution is -2.60. The van der Waals surface area contributed by atoms with Crippen LogP contribution in [0.2, 0.25) is 0 Å². The minimum atomic E-state index is -4.93. The number of hydrogen-bond acceptors (Lipinski definition) is 5. The van der Waals surface area contributed by atoms with Crippen molar-refractivity contribution in [1.29, 1.82) is 0 Å². The predicted octanol–water partition coefficient (Wildman–Crippen LogP) is 4.53. The number of likely N-dealkylation sites (N-methyl/N-ethyl adjacent to an activating group) is 1. The van der Waals surface area contributed by atoms with Gasteiger partial charge in [0.2, 0.25) is 5.91 Å². The van der Waals surface area contributed by atoms with E-state index in [1.165, 1.54) is 44.0 Å². The highest BCUT2D eigenvalue weighted by Crippen LogP contribution is 2.39. The molecule has 0 unspecified atom stereocenters. The molecular formula is C28H26F4N4O4. The number of hydrogen-bond donors (Lipinski definition) is 2. The summed E-state index contributed by atoms with van der Waals surface area (Å²) in [5, 5.41) is 5.28. The van der Waals surface area contributed by atoms with E-state index in [2.05, 4.69) is 15.4 Å². The third-order valence-corrected chi connectivity index (χ3v) is 6.28. The molecule has 3 amide bonds. The number of nitrogens with one attached hydrogen (secondary N) is 2. The molecule has 12 heteroatoms. The maximum Gasteiger partial charge on any atom is 0.573 e. The van der Waals surface area contributed by atoms with E-state index in [1.54, 1.807) is 30.3 Å². The second kappa shape index (κ2) is 10.9. The van der Waals surface area contributed by atoms with Crippen molar-refractivity contribution in [3.63, 3.8) is 0 Å². The van der Waals surface area contributed by atoms with Crippen molar-refractivity contribution < 1.29 is 36.7 Å². The first-order valence-electron chi connectivity index (χ1n) is 12.1. The van der Waals surface area contributed by atoms with Gasteiger partial charge in [0.1, 0.15) is 23.1 Å². The summed E-state index contributed by atoms with van der Waals surface area (Å²) in [5.74, 6) is -2.93. The summed E-state index contributed by atoms with van der Waals surface area (Å²) in [6.45, 7) is 2.72. The smallest absolute Gasteiger partial charge is 0.406 e. The normalized spacial score (nSPS) is 15.7. The number of rotatable bonds is 6. The molecule has 0 aromatic heterocycles. The molecule has 1 aliphatic heterocycles. The van der Waals surface area contributed by atoms with Crippen molar-refractivity contribution in [2.45, 2.75) is 31.8 Å². The summed E-state index contributed by atoms with van der Waals surface area (Å²) < 4.78 is 56.9. The first kappa shape index (κ1) is 28.4. The molecule has 8 nitrogen and oxygen atoms in total. The maximum absolute atomic E-state index is 14.2. The number of benzene rings is 3. The Morgan fingerprint density at radius 3 is 2.33 bits per heavy atom. The number of carbonyl (C=O) groups is 3. The number of anilines is 3. The molecule has 0 bridgehead atoms. The molecule has 3 aromatic rings. The van der Waals surface area contributed by atoms with Crippen molar-refractivity contribution in [1.82, 2.24) is 10.6 Å². The number of amides is 3. The van der Waals surface area contributed by atoms with Crippen LogP contribution in [0.4, 0.5) is 34.6 Å². The van der Waals surface area contributed by atoms with Crippen LogP contribution in [-0.4, -0.2) is 49.3 Å². The van der Waals surface area contributed by atoms with E-state index in [0.29, 0.717) is 11.3 Å². The second-order valence-corrected chi connectivity index (χ2v) is 9.66. The summed E-state index contributed by atoms with van der Waals surface area (Å²) in [6.07, 6.45) is -4.93. The molecule has 0 saturated carbocycles. The van der Waals surface area contributed by atoms with Gasteiger partial charge in [0.25, 0.3) is 11.8 Å². The molecule has 0 radical (unpaired) electrons. The first-order chi connectivity index (χ1) is 18.7. The van der Waals surface area contributed by atoms with Gasteiger partial charge in [0, 0.05) is 24.4 Å². The van der Waals surface area contributed by atoms with Crippen LogP contribution < -0.4 is 25.2 Å². The molecule has 40 heavy (non-hydrogen) atoms. The Kier molecular flexibility index (Phi) is 7.72. The van der Waals surface area contributed by atoms with Gasteiger partial charge < -0.3 is 25.2 Å². The maximum atomic E-state index is 14.2. The molecule has 0 spiro atoms. The molecular weight excluding hydrogens is 532 g/mol. The minimum absolute atomic E-state index is 0.139. The zero-order chi connectivity index (χ0) is 29.2. The van der Waals surface area contributed by atoms with Crippen molar-refractivity contribution in [3.05, 3.63) is 84.2 Å². The van der Waals surface area contributed by atoms with E-state index in [4.69, 9.17) is 0 Å². The van der Waals surface area contributed by atoms with Gasteiger partial charge in [-0.3, -0.25) is 14.4 Å². The quantitative estimate of drug-likeness (QED) is 0.434. The Labute approximate surface area is 227 Å². The number of nitrogens with zero attached hydrogens (tertiary/aromatic N) is 2. The van der Waals surface area contributed by atoms with Gasteiger partial charge in [-0.05, 0) is 56.3 Å². The Hall–Kier alpha value is -4.61. The molecule has 3 aromatic carbocycles. The van der Waals surface area contributed by atoms with Crippen LogP contribution in [0.15, 0.2) is 72.8 Å². The van der Waals surface area contributed by atoms with Crippen LogP contribution in [-0.2, 0) is 9.59 Å². The molecule has 2 N–H and O–H groups in total. The van der Waals surface area contributed by atoms with E-state index in [9.17, 15) is 31.9 Å². The number of alkyl halides is 3. The van der Waals surface area contributed by atoms with Gasteiger partial charge in [-0.1, -0.05) is 24.3 Å². The van der Waals surface area contributed by atoms with Crippen molar-refractivity contribution in [3.8, 4) is 5.75 Å². The Morgan fingerprint density at radius 1 is 0.950 bits per heavy atom. The third-order valence-electron chi connectivity index (χ3n) is 6.28. The van der Waals surface area contributed by atoms with Gasteiger partial charge in [-0.15, -0.1) is 13.2 Å². The molecule has 4 rings (SSSR count).